The van der Waals surface area contributed by atoms with E-state index in [2.05, 4.69) is 19.9 Å². The molecule has 1 aromatic carbocycles. The van der Waals surface area contributed by atoms with Crippen LogP contribution in [0.1, 0.15) is 0 Å². The molecule has 1 aliphatic rings. The first kappa shape index (κ1) is 17.1. The third-order valence-electron chi connectivity index (χ3n) is 4.44. The normalized spacial score (nSPS) is 14.3. The molecule has 1 saturated heterocycles. The van der Waals surface area contributed by atoms with Gasteiger partial charge in [-0.05, 0) is 12.1 Å². The van der Waals surface area contributed by atoms with Gasteiger partial charge < -0.3 is 20.3 Å². The predicted molar refractivity (Wildman–Crippen MR) is 102 cm³/mol. The molecule has 27 heavy (non-hydrogen) atoms. The summed E-state index contributed by atoms with van der Waals surface area (Å²) >= 11 is 0. The highest BCUT2D eigenvalue weighted by Crippen LogP contribution is 2.26. The van der Waals surface area contributed by atoms with Gasteiger partial charge in [0, 0.05) is 31.4 Å². The smallest absolute Gasteiger partial charge is 0.224 e. The monoisotopic (exact) mass is 365 g/mol. The van der Waals surface area contributed by atoms with Gasteiger partial charge in [-0.25, -0.2) is 9.97 Å². The average molecular weight is 365 g/mol. The van der Waals surface area contributed by atoms with E-state index >= 15 is 0 Å². The highest BCUT2D eigenvalue weighted by atomic mass is 16.5. The number of carbonyl (C=O) groups excluding carboxylic acids is 1. The zero-order valence-electron chi connectivity index (χ0n) is 14.9. The quantitative estimate of drug-likeness (QED) is 0.684. The van der Waals surface area contributed by atoms with Crippen LogP contribution in [0.3, 0.4) is 0 Å². The maximum Gasteiger partial charge on any atom is 0.224 e. The zero-order chi connectivity index (χ0) is 18.8. The van der Waals surface area contributed by atoms with Gasteiger partial charge in [0.2, 0.25) is 12.4 Å². The second-order valence-corrected chi connectivity index (χ2v) is 6.20. The molecule has 9 heteroatoms. The first-order chi connectivity index (χ1) is 13.2. The summed E-state index contributed by atoms with van der Waals surface area (Å²) in [6.45, 7) is 2.68. The van der Waals surface area contributed by atoms with E-state index in [1.807, 2.05) is 24.3 Å². The third-order valence-corrected chi connectivity index (χ3v) is 4.44. The second-order valence-electron chi connectivity index (χ2n) is 6.20. The van der Waals surface area contributed by atoms with E-state index in [1.54, 1.807) is 13.2 Å². The Morgan fingerprint density at radius 3 is 2.59 bits per heavy atom. The van der Waals surface area contributed by atoms with Crippen molar-refractivity contribution < 1.29 is 9.53 Å². The number of anilines is 3. The van der Waals surface area contributed by atoms with Crippen LogP contribution in [-0.2, 0) is 9.53 Å². The van der Waals surface area contributed by atoms with Crippen LogP contribution in [-0.4, -0.2) is 59.7 Å². The predicted octanol–water partition coefficient (Wildman–Crippen LogP) is 1.10. The third kappa shape index (κ3) is 3.36. The summed E-state index contributed by atoms with van der Waals surface area (Å²) in [6.07, 6.45) is 2.43. The van der Waals surface area contributed by atoms with Gasteiger partial charge in [-0.15, -0.1) is 0 Å². The summed E-state index contributed by atoms with van der Waals surface area (Å²) in [7, 11) is 1.70. The van der Waals surface area contributed by atoms with Gasteiger partial charge in [0.25, 0.3) is 0 Å². The molecule has 1 fully saturated rings. The molecule has 0 spiro atoms. The molecular weight excluding hydrogens is 346 g/mol. The zero-order valence-corrected chi connectivity index (χ0v) is 14.9. The second kappa shape index (κ2) is 7.12. The molecular formula is C18H19N7O2. The Morgan fingerprint density at radius 2 is 1.89 bits per heavy atom. The first-order valence-electron chi connectivity index (χ1n) is 8.57. The number of nitrogens with zero attached hydrogens (tertiary/aromatic N) is 6. The van der Waals surface area contributed by atoms with E-state index in [4.69, 9.17) is 15.5 Å². The standard InChI is InChI=1S/C18H19N7O2/c1-24(11-26)13-4-2-12(3-5-13)14-10-20-16-15(21-14)17(23-18(19)22-16)25-6-8-27-9-7-25/h2-5,10-11H,6-9H2,1H3,(H2,19,20,22,23). The van der Waals surface area contributed by atoms with E-state index in [-0.39, 0.29) is 5.95 Å². The lowest BCUT2D eigenvalue weighted by Crippen LogP contribution is -2.37. The van der Waals surface area contributed by atoms with E-state index in [9.17, 15) is 4.79 Å². The van der Waals surface area contributed by atoms with Crippen molar-refractivity contribution in [3.63, 3.8) is 0 Å². The number of morpholine rings is 1. The van der Waals surface area contributed by atoms with E-state index in [0.29, 0.717) is 49.0 Å². The van der Waals surface area contributed by atoms with Crippen molar-refractivity contribution in [1.82, 2.24) is 19.9 Å². The molecule has 0 aliphatic carbocycles. The Bertz CT molecular complexity index is 971. The maximum absolute atomic E-state index is 10.9. The number of carbonyl (C=O) groups is 1. The van der Waals surface area contributed by atoms with Crippen LogP contribution in [0.2, 0.25) is 0 Å². The summed E-state index contributed by atoms with van der Waals surface area (Å²) in [6, 6.07) is 7.52. The number of benzene rings is 1. The van der Waals surface area contributed by atoms with Gasteiger partial charge >= 0.3 is 0 Å². The van der Waals surface area contributed by atoms with E-state index in [1.165, 1.54) is 4.90 Å². The van der Waals surface area contributed by atoms with Crippen LogP contribution in [0.25, 0.3) is 22.4 Å². The number of rotatable bonds is 4. The minimum absolute atomic E-state index is 0.173. The molecule has 9 nitrogen and oxygen atoms in total. The van der Waals surface area contributed by atoms with E-state index in [0.717, 1.165) is 17.7 Å². The molecule has 0 saturated carbocycles. The summed E-state index contributed by atoms with van der Waals surface area (Å²) < 4.78 is 5.42. The van der Waals surface area contributed by atoms with Gasteiger partial charge in [0.1, 0.15) is 0 Å². The molecule has 3 heterocycles. The van der Waals surface area contributed by atoms with Gasteiger partial charge in [0.05, 0.1) is 25.1 Å². The summed E-state index contributed by atoms with van der Waals surface area (Å²) in [5.41, 5.74) is 9.31. The summed E-state index contributed by atoms with van der Waals surface area (Å²) in [4.78, 5) is 32.3. The fourth-order valence-corrected chi connectivity index (χ4v) is 2.97. The van der Waals surface area contributed by atoms with Crippen LogP contribution in [0.4, 0.5) is 17.5 Å². The number of amides is 1. The van der Waals surface area contributed by atoms with Gasteiger partial charge in [-0.3, -0.25) is 4.79 Å². The largest absolute Gasteiger partial charge is 0.378 e. The lowest BCUT2D eigenvalue weighted by atomic mass is 10.1. The number of hydrogen-bond acceptors (Lipinski definition) is 8. The molecule has 1 amide bonds. The molecule has 4 rings (SSSR count). The molecule has 2 aromatic heterocycles. The molecule has 0 atom stereocenters. The molecule has 0 bridgehead atoms. The summed E-state index contributed by atoms with van der Waals surface area (Å²) in [5.74, 6) is 0.847. The Labute approximate surface area is 155 Å². The van der Waals surface area contributed by atoms with Crippen LogP contribution in [0.15, 0.2) is 30.5 Å². The Balaban J connectivity index is 1.76. The number of fused-ring (bicyclic) bond motifs is 1. The van der Waals surface area contributed by atoms with Crippen LogP contribution in [0, 0.1) is 0 Å². The maximum atomic E-state index is 10.9. The molecule has 3 aromatic rings. The van der Waals surface area contributed by atoms with Crippen molar-refractivity contribution in [1.29, 1.82) is 0 Å². The van der Waals surface area contributed by atoms with Crippen molar-refractivity contribution in [2.24, 2.45) is 0 Å². The van der Waals surface area contributed by atoms with Gasteiger partial charge in [-0.2, -0.15) is 9.97 Å². The van der Waals surface area contributed by atoms with Crippen LogP contribution >= 0.6 is 0 Å². The number of nitrogen functional groups attached to an aromatic ring is 1. The van der Waals surface area contributed by atoms with Crippen molar-refractivity contribution >= 4 is 35.0 Å². The summed E-state index contributed by atoms with van der Waals surface area (Å²) in [5, 5.41) is 0. The number of ether oxygens (including phenoxy) is 1. The molecule has 138 valence electrons. The average Bonchev–Trinajstić information content (AvgIpc) is 2.73. The number of hydrogen-bond donors (Lipinski definition) is 1. The SMILES string of the molecule is CN(C=O)c1ccc(-c2cnc3nc(N)nc(N4CCOCC4)c3n2)cc1. The Hall–Kier alpha value is -3.33. The van der Waals surface area contributed by atoms with E-state index < -0.39 is 0 Å². The highest BCUT2D eigenvalue weighted by molar-refractivity contribution is 5.86. The lowest BCUT2D eigenvalue weighted by Gasteiger charge is -2.28. The van der Waals surface area contributed by atoms with Crippen molar-refractivity contribution in [2.75, 3.05) is 48.9 Å². The van der Waals surface area contributed by atoms with Crippen molar-refractivity contribution in [3.05, 3.63) is 30.5 Å². The molecule has 2 N–H and O–H groups in total. The van der Waals surface area contributed by atoms with Crippen LogP contribution < -0.4 is 15.5 Å². The minimum atomic E-state index is 0.173. The first-order valence-corrected chi connectivity index (χ1v) is 8.57. The number of aromatic nitrogens is 4. The van der Waals surface area contributed by atoms with Crippen molar-refractivity contribution in [2.45, 2.75) is 0 Å². The van der Waals surface area contributed by atoms with Gasteiger partial charge in [0.15, 0.2) is 17.0 Å². The Morgan fingerprint density at radius 1 is 1.15 bits per heavy atom. The van der Waals surface area contributed by atoms with Crippen LogP contribution in [0.5, 0.6) is 0 Å². The fourth-order valence-electron chi connectivity index (χ4n) is 2.97. The lowest BCUT2D eigenvalue weighted by molar-refractivity contribution is -0.107. The fraction of sp³-hybridized carbons (Fsp3) is 0.278. The molecule has 0 radical (unpaired) electrons. The van der Waals surface area contributed by atoms with Crippen molar-refractivity contribution in [3.8, 4) is 11.3 Å². The minimum Gasteiger partial charge on any atom is -0.378 e. The van der Waals surface area contributed by atoms with Gasteiger partial charge in [-0.1, -0.05) is 12.1 Å². The molecule has 0 unspecified atom stereocenters. The highest BCUT2D eigenvalue weighted by Gasteiger charge is 2.19. The number of nitrogens with two attached hydrogens (primary N) is 1. The Kier molecular flexibility index (Phi) is 4.51. The topological polar surface area (TPSA) is 110 Å². The molecule has 1 aliphatic heterocycles.